The maximum absolute atomic E-state index is 12.8. The van der Waals surface area contributed by atoms with Crippen LogP contribution in [-0.2, 0) is 19.2 Å². The SMILES string of the molecule is CCCC(NC(C)=O)C(=O)NC1CN(C(=O)C2CCC2C(N)=O)CCC1C. The number of rotatable bonds is 7. The van der Waals surface area contributed by atoms with Gasteiger partial charge in [0.2, 0.25) is 23.6 Å². The van der Waals surface area contributed by atoms with E-state index in [4.69, 9.17) is 5.73 Å². The van der Waals surface area contributed by atoms with Crippen molar-refractivity contribution in [1.29, 1.82) is 0 Å². The molecule has 27 heavy (non-hydrogen) atoms. The van der Waals surface area contributed by atoms with Crippen LogP contribution >= 0.6 is 0 Å². The molecule has 2 aliphatic rings. The summed E-state index contributed by atoms with van der Waals surface area (Å²) in [5.41, 5.74) is 5.37. The van der Waals surface area contributed by atoms with Crippen LogP contribution in [0.5, 0.6) is 0 Å². The van der Waals surface area contributed by atoms with E-state index in [-0.39, 0.29) is 41.5 Å². The number of primary amides is 1. The molecule has 0 spiro atoms. The van der Waals surface area contributed by atoms with Gasteiger partial charge in [0, 0.05) is 37.9 Å². The highest BCUT2D eigenvalue weighted by Crippen LogP contribution is 2.36. The lowest BCUT2D eigenvalue weighted by Gasteiger charge is -2.42. The van der Waals surface area contributed by atoms with Crippen LogP contribution in [0.15, 0.2) is 0 Å². The lowest BCUT2D eigenvalue weighted by molar-refractivity contribution is -0.148. The van der Waals surface area contributed by atoms with Gasteiger partial charge in [-0.05, 0) is 31.6 Å². The number of nitrogens with zero attached hydrogens (tertiary/aromatic N) is 1. The summed E-state index contributed by atoms with van der Waals surface area (Å²) in [6.07, 6.45) is 3.49. The highest BCUT2D eigenvalue weighted by atomic mass is 16.2. The summed E-state index contributed by atoms with van der Waals surface area (Å²) in [6, 6.07) is -0.730. The normalized spacial score (nSPS) is 28.6. The number of nitrogens with one attached hydrogen (secondary N) is 2. The Kier molecular flexibility index (Phi) is 7.21. The van der Waals surface area contributed by atoms with Crippen molar-refractivity contribution in [3.8, 4) is 0 Å². The minimum Gasteiger partial charge on any atom is -0.369 e. The molecule has 1 saturated carbocycles. The lowest BCUT2D eigenvalue weighted by atomic mass is 9.72. The Labute approximate surface area is 160 Å². The van der Waals surface area contributed by atoms with E-state index in [1.807, 2.05) is 6.92 Å². The maximum Gasteiger partial charge on any atom is 0.242 e. The Bertz CT molecular complexity index is 594. The standard InChI is InChI=1S/C19H32N4O4/c1-4-5-15(21-12(3)24)18(26)22-16-10-23(9-8-11(16)2)19(27)14-7-6-13(14)17(20)25/h11,13-16H,4-10H2,1-3H3,(H2,20,25)(H,21,24)(H,22,26). The van der Waals surface area contributed by atoms with E-state index in [9.17, 15) is 19.2 Å². The molecule has 5 atom stereocenters. The number of likely N-dealkylation sites (tertiary alicyclic amines) is 1. The first kappa shape index (κ1) is 21.2. The van der Waals surface area contributed by atoms with Crippen molar-refractivity contribution in [2.24, 2.45) is 23.5 Å². The molecule has 4 N–H and O–H groups in total. The van der Waals surface area contributed by atoms with E-state index in [1.165, 1.54) is 6.92 Å². The van der Waals surface area contributed by atoms with Crippen LogP contribution < -0.4 is 16.4 Å². The second kappa shape index (κ2) is 9.19. The van der Waals surface area contributed by atoms with Crippen molar-refractivity contribution >= 4 is 23.6 Å². The summed E-state index contributed by atoms with van der Waals surface area (Å²) < 4.78 is 0. The second-order valence-corrected chi connectivity index (χ2v) is 7.90. The zero-order chi connectivity index (χ0) is 20.1. The predicted octanol–water partition coefficient (Wildman–Crippen LogP) is 0.156. The van der Waals surface area contributed by atoms with Gasteiger partial charge in [0.15, 0.2) is 0 Å². The molecule has 4 amide bonds. The first-order valence-electron chi connectivity index (χ1n) is 9.90. The van der Waals surface area contributed by atoms with Crippen LogP contribution in [0, 0.1) is 17.8 Å². The number of hydrogen-bond acceptors (Lipinski definition) is 4. The van der Waals surface area contributed by atoms with Gasteiger partial charge in [0.1, 0.15) is 6.04 Å². The predicted molar refractivity (Wildman–Crippen MR) is 100 cm³/mol. The van der Waals surface area contributed by atoms with Crippen molar-refractivity contribution in [3.05, 3.63) is 0 Å². The Hall–Kier alpha value is -2.12. The van der Waals surface area contributed by atoms with Crippen molar-refractivity contribution in [2.45, 2.75) is 65.0 Å². The molecule has 2 fully saturated rings. The monoisotopic (exact) mass is 380 g/mol. The molecule has 0 aromatic heterocycles. The second-order valence-electron chi connectivity index (χ2n) is 7.90. The van der Waals surface area contributed by atoms with Crippen molar-refractivity contribution in [1.82, 2.24) is 15.5 Å². The molecule has 1 heterocycles. The molecule has 5 unspecified atom stereocenters. The van der Waals surface area contributed by atoms with Gasteiger partial charge >= 0.3 is 0 Å². The van der Waals surface area contributed by atoms with Crippen LogP contribution in [-0.4, -0.2) is 53.7 Å². The zero-order valence-corrected chi connectivity index (χ0v) is 16.5. The topological polar surface area (TPSA) is 122 Å². The van der Waals surface area contributed by atoms with Gasteiger partial charge in [-0.2, -0.15) is 0 Å². The number of carbonyl (C=O) groups excluding carboxylic acids is 4. The fourth-order valence-electron chi connectivity index (χ4n) is 3.91. The molecule has 2 rings (SSSR count). The van der Waals surface area contributed by atoms with E-state index in [2.05, 4.69) is 17.6 Å². The van der Waals surface area contributed by atoms with Crippen molar-refractivity contribution in [2.75, 3.05) is 13.1 Å². The van der Waals surface area contributed by atoms with E-state index >= 15 is 0 Å². The fraction of sp³-hybridized carbons (Fsp3) is 0.789. The molecule has 0 bridgehead atoms. The Balaban J connectivity index is 1.97. The fourth-order valence-corrected chi connectivity index (χ4v) is 3.91. The molecular formula is C19H32N4O4. The minimum absolute atomic E-state index is 0.0387. The van der Waals surface area contributed by atoms with Gasteiger partial charge in [-0.15, -0.1) is 0 Å². The summed E-state index contributed by atoms with van der Waals surface area (Å²) in [7, 11) is 0. The molecule has 1 aliphatic carbocycles. The maximum atomic E-state index is 12.8. The molecule has 0 aromatic rings. The lowest BCUT2D eigenvalue weighted by Crippen LogP contribution is -2.59. The third kappa shape index (κ3) is 5.20. The van der Waals surface area contributed by atoms with Crippen LogP contribution in [0.4, 0.5) is 0 Å². The summed E-state index contributed by atoms with van der Waals surface area (Å²) in [6.45, 7) is 6.45. The average Bonchev–Trinajstić information content (AvgIpc) is 2.54. The van der Waals surface area contributed by atoms with E-state index < -0.39 is 11.9 Å². The zero-order valence-electron chi connectivity index (χ0n) is 16.5. The quantitative estimate of drug-likeness (QED) is 0.582. The average molecular weight is 380 g/mol. The summed E-state index contributed by atoms with van der Waals surface area (Å²) in [4.78, 5) is 49.9. The van der Waals surface area contributed by atoms with Gasteiger partial charge in [-0.25, -0.2) is 0 Å². The molecule has 8 heteroatoms. The molecule has 0 radical (unpaired) electrons. The Morgan fingerprint density at radius 3 is 2.33 bits per heavy atom. The number of piperidine rings is 1. The molecule has 1 saturated heterocycles. The Morgan fingerprint density at radius 1 is 1.15 bits per heavy atom. The number of nitrogens with two attached hydrogens (primary N) is 1. The number of carbonyl (C=O) groups is 4. The largest absolute Gasteiger partial charge is 0.369 e. The van der Waals surface area contributed by atoms with Crippen molar-refractivity contribution < 1.29 is 19.2 Å². The number of hydrogen-bond donors (Lipinski definition) is 3. The summed E-state index contributed by atoms with van der Waals surface area (Å²) in [5, 5.41) is 5.70. The van der Waals surface area contributed by atoms with Crippen LogP contribution in [0.25, 0.3) is 0 Å². The van der Waals surface area contributed by atoms with Gasteiger partial charge in [0.25, 0.3) is 0 Å². The smallest absolute Gasteiger partial charge is 0.242 e. The van der Waals surface area contributed by atoms with E-state index in [0.717, 1.165) is 12.8 Å². The van der Waals surface area contributed by atoms with Crippen LogP contribution in [0.1, 0.15) is 52.9 Å². The van der Waals surface area contributed by atoms with Crippen LogP contribution in [0.2, 0.25) is 0 Å². The first-order valence-corrected chi connectivity index (χ1v) is 9.90. The summed E-state index contributed by atoms with van der Waals surface area (Å²) >= 11 is 0. The Morgan fingerprint density at radius 2 is 1.81 bits per heavy atom. The highest BCUT2D eigenvalue weighted by molar-refractivity contribution is 5.89. The third-order valence-electron chi connectivity index (χ3n) is 5.83. The first-order chi connectivity index (χ1) is 12.7. The van der Waals surface area contributed by atoms with Gasteiger partial charge < -0.3 is 21.3 Å². The van der Waals surface area contributed by atoms with Gasteiger partial charge in [-0.1, -0.05) is 20.3 Å². The van der Waals surface area contributed by atoms with E-state index in [1.54, 1.807) is 4.90 Å². The molecule has 1 aliphatic heterocycles. The highest BCUT2D eigenvalue weighted by Gasteiger charge is 2.43. The summed E-state index contributed by atoms with van der Waals surface area (Å²) in [5.74, 6) is -1.35. The third-order valence-corrected chi connectivity index (χ3v) is 5.83. The van der Waals surface area contributed by atoms with Crippen molar-refractivity contribution in [3.63, 3.8) is 0 Å². The molecule has 152 valence electrons. The van der Waals surface area contributed by atoms with E-state index in [0.29, 0.717) is 32.4 Å². The van der Waals surface area contributed by atoms with Gasteiger partial charge in [0.05, 0.1) is 0 Å². The van der Waals surface area contributed by atoms with Gasteiger partial charge in [-0.3, -0.25) is 19.2 Å². The van der Waals surface area contributed by atoms with Crippen LogP contribution in [0.3, 0.4) is 0 Å². The minimum atomic E-state index is -0.559. The molecule has 8 nitrogen and oxygen atoms in total. The molecule has 0 aromatic carbocycles. The molecular weight excluding hydrogens is 348 g/mol. The number of amides is 4.